The molecule has 0 atom stereocenters. The summed E-state index contributed by atoms with van der Waals surface area (Å²) in [6.45, 7) is 5.31. The zero-order chi connectivity index (χ0) is 13.7. The van der Waals surface area contributed by atoms with E-state index in [1.54, 1.807) is 0 Å². The van der Waals surface area contributed by atoms with Gasteiger partial charge in [-0.05, 0) is 32.2 Å². The fourth-order valence-corrected chi connectivity index (χ4v) is 2.53. The van der Waals surface area contributed by atoms with Crippen molar-refractivity contribution >= 4 is 0 Å². The standard InChI is InChI=1S/C8H17N.C8H19N/c1-2-8(9)6-4-3-5-7-8;1-2-3-4-5-6-7-8-9/h2-7,9H2,1H3;2-9H2,1H3. The van der Waals surface area contributed by atoms with Crippen molar-refractivity contribution in [2.75, 3.05) is 6.54 Å². The SMILES string of the molecule is CCC1(N)CCCCC1.CCCCCCCCN. The van der Waals surface area contributed by atoms with Crippen molar-refractivity contribution in [1.82, 2.24) is 0 Å². The molecule has 0 aromatic carbocycles. The first-order valence-corrected chi connectivity index (χ1v) is 8.17. The van der Waals surface area contributed by atoms with E-state index in [-0.39, 0.29) is 5.54 Å². The van der Waals surface area contributed by atoms with E-state index in [4.69, 9.17) is 11.5 Å². The third-order valence-electron chi connectivity index (χ3n) is 4.11. The van der Waals surface area contributed by atoms with E-state index in [9.17, 15) is 0 Å². The predicted molar refractivity (Wildman–Crippen MR) is 82.7 cm³/mol. The van der Waals surface area contributed by atoms with E-state index >= 15 is 0 Å². The first-order valence-electron chi connectivity index (χ1n) is 8.17. The molecule has 0 radical (unpaired) electrons. The largest absolute Gasteiger partial charge is 0.330 e. The van der Waals surface area contributed by atoms with E-state index < -0.39 is 0 Å². The monoisotopic (exact) mass is 256 g/mol. The van der Waals surface area contributed by atoms with Gasteiger partial charge in [0.25, 0.3) is 0 Å². The van der Waals surface area contributed by atoms with Gasteiger partial charge in [0.05, 0.1) is 0 Å². The molecule has 1 aliphatic carbocycles. The Balaban J connectivity index is 0.000000321. The Morgan fingerprint density at radius 3 is 1.83 bits per heavy atom. The molecule has 0 unspecified atom stereocenters. The third kappa shape index (κ3) is 9.90. The first kappa shape index (κ1) is 17.9. The quantitative estimate of drug-likeness (QED) is 0.665. The predicted octanol–water partition coefficient (Wildman–Crippen LogP) is 4.36. The highest BCUT2D eigenvalue weighted by atomic mass is 14.7. The van der Waals surface area contributed by atoms with Crippen LogP contribution in [0.3, 0.4) is 0 Å². The number of unbranched alkanes of at least 4 members (excludes halogenated alkanes) is 5. The van der Waals surface area contributed by atoms with Crippen LogP contribution in [0, 0.1) is 0 Å². The molecule has 0 aromatic rings. The second kappa shape index (κ2) is 12.0. The summed E-state index contributed by atoms with van der Waals surface area (Å²) >= 11 is 0. The maximum absolute atomic E-state index is 6.06. The summed E-state index contributed by atoms with van der Waals surface area (Å²) in [7, 11) is 0. The molecule has 4 N–H and O–H groups in total. The molecular formula is C16H36N2. The van der Waals surface area contributed by atoms with Crippen LogP contribution in [0.4, 0.5) is 0 Å². The van der Waals surface area contributed by atoms with E-state index in [0.29, 0.717) is 0 Å². The van der Waals surface area contributed by atoms with Crippen molar-refractivity contribution in [3.63, 3.8) is 0 Å². The number of rotatable bonds is 7. The molecule has 0 heterocycles. The van der Waals surface area contributed by atoms with Gasteiger partial charge in [-0.3, -0.25) is 0 Å². The Labute approximate surface area is 115 Å². The molecular weight excluding hydrogens is 220 g/mol. The Kier molecular flexibility index (Phi) is 11.9. The van der Waals surface area contributed by atoms with Gasteiger partial charge >= 0.3 is 0 Å². The Hall–Kier alpha value is -0.0800. The van der Waals surface area contributed by atoms with Gasteiger partial charge in [-0.25, -0.2) is 0 Å². The summed E-state index contributed by atoms with van der Waals surface area (Å²) in [6.07, 6.45) is 15.8. The minimum atomic E-state index is 0.220. The second-order valence-corrected chi connectivity index (χ2v) is 5.83. The Morgan fingerprint density at radius 2 is 1.39 bits per heavy atom. The van der Waals surface area contributed by atoms with E-state index in [1.807, 2.05) is 0 Å². The normalized spacial score (nSPS) is 18.0. The fraction of sp³-hybridized carbons (Fsp3) is 1.00. The second-order valence-electron chi connectivity index (χ2n) is 5.83. The van der Waals surface area contributed by atoms with Crippen LogP contribution in [-0.4, -0.2) is 12.1 Å². The molecule has 1 saturated carbocycles. The van der Waals surface area contributed by atoms with E-state index in [2.05, 4.69) is 13.8 Å². The van der Waals surface area contributed by atoms with Crippen LogP contribution in [0.15, 0.2) is 0 Å². The summed E-state index contributed by atoms with van der Waals surface area (Å²) in [5.41, 5.74) is 11.6. The Morgan fingerprint density at radius 1 is 0.833 bits per heavy atom. The number of hydrogen-bond donors (Lipinski definition) is 2. The molecule has 0 spiro atoms. The van der Waals surface area contributed by atoms with Crippen LogP contribution < -0.4 is 11.5 Å². The maximum Gasteiger partial charge on any atom is 0.0151 e. The highest BCUT2D eigenvalue weighted by Crippen LogP contribution is 2.27. The van der Waals surface area contributed by atoms with Gasteiger partial charge < -0.3 is 11.5 Å². The lowest BCUT2D eigenvalue weighted by atomic mass is 9.81. The van der Waals surface area contributed by atoms with Gasteiger partial charge in [0, 0.05) is 5.54 Å². The molecule has 1 fully saturated rings. The van der Waals surface area contributed by atoms with Crippen LogP contribution in [0.5, 0.6) is 0 Å². The molecule has 0 aliphatic heterocycles. The van der Waals surface area contributed by atoms with Gasteiger partial charge in [0.2, 0.25) is 0 Å². The highest BCUT2D eigenvalue weighted by Gasteiger charge is 2.24. The van der Waals surface area contributed by atoms with Gasteiger partial charge in [0.1, 0.15) is 0 Å². The number of hydrogen-bond acceptors (Lipinski definition) is 2. The summed E-state index contributed by atoms with van der Waals surface area (Å²) in [5, 5.41) is 0. The minimum absolute atomic E-state index is 0.220. The third-order valence-corrected chi connectivity index (χ3v) is 4.11. The fourth-order valence-electron chi connectivity index (χ4n) is 2.53. The van der Waals surface area contributed by atoms with Crippen molar-refractivity contribution in [1.29, 1.82) is 0 Å². The van der Waals surface area contributed by atoms with Crippen LogP contribution >= 0.6 is 0 Å². The van der Waals surface area contributed by atoms with Crippen molar-refractivity contribution in [2.45, 2.75) is 96.4 Å². The highest BCUT2D eigenvalue weighted by molar-refractivity contribution is 4.85. The van der Waals surface area contributed by atoms with Crippen LogP contribution in [-0.2, 0) is 0 Å². The van der Waals surface area contributed by atoms with E-state index in [1.165, 1.54) is 70.6 Å². The zero-order valence-electron chi connectivity index (χ0n) is 12.8. The molecule has 2 nitrogen and oxygen atoms in total. The van der Waals surface area contributed by atoms with Gasteiger partial charge in [-0.1, -0.05) is 65.2 Å². The molecule has 0 bridgehead atoms. The topological polar surface area (TPSA) is 52.0 Å². The van der Waals surface area contributed by atoms with Crippen molar-refractivity contribution in [3.05, 3.63) is 0 Å². The first-order chi connectivity index (χ1) is 8.68. The summed E-state index contributed by atoms with van der Waals surface area (Å²) < 4.78 is 0. The molecule has 0 amide bonds. The zero-order valence-corrected chi connectivity index (χ0v) is 12.8. The smallest absolute Gasteiger partial charge is 0.0151 e. The summed E-state index contributed by atoms with van der Waals surface area (Å²) in [5.74, 6) is 0. The number of nitrogens with two attached hydrogens (primary N) is 2. The molecule has 1 aliphatic rings. The molecule has 110 valence electrons. The van der Waals surface area contributed by atoms with Gasteiger partial charge in [-0.15, -0.1) is 0 Å². The summed E-state index contributed by atoms with van der Waals surface area (Å²) in [6, 6.07) is 0. The molecule has 1 rings (SSSR count). The maximum atomic E-state index is 6.06. The van der Waals surface area contributed by atoms with E-state index in [0.717, 1.165) is 13.0 Å². The molecule has 18 heavy (non-hydrogen) atoms. The lowest BCUT2D eigenvalue weighted by Gasteiger charge is -2.32. The van der Waals surface area contributed by atoms with Crippen molar-refractivity contribution < 1.29 is 0 Å². The average Bonchev–Trinajstić information content (AvgIpc) is 2.40. The molecule has 0 aromatic heterocycles. The Bertz CT molecular complexity index is 156. The average molecular weight is 256 g/mol. The van der Waals surface area contributed by atoms with Gasteiger partial charge in [-0.2, -0.15) is 0 Å². The lowest BCUT2D eigenvalue weighted by Crippen LogP contribution is -2.40. The van der Waals surface area contributed by atoms with Crippen LogP contribution in [0.25, 0.3) is 0 Å². The van der Waals surface area contributed by atoms with Crippen LogP contribution in [0.1, 0.15) is 90.9 Å². The van der Waals surface area contributed by atoms with Crippen molar-refractivity contribution in [2.24, 2.45) is 11.5 Å². The van der Waals surface area contributed by atoms with Crippen molar-refractivity contribution in [3.8, 4) is 0 Å². The van der Waals surface area contributed by atoms with Gasteiger partial charge in [0.15, 0.2) is 0 Å². The molecule has 2 heteroatoms. The molecule has 0 saturated heterocycles. The lowest BCUT2D eigenvalue weighted by molar-refractivity contribution is 0.287. The minimum Gasteiger partial charge on any atom is -0.330 e. The van der Waals surface area contributed by atoms with Crippen LogP contribution in [0.2, 0.25) is 0 Å². The summed E-state index contributed by atoms with van der Waals surface area (Å²) in [4.78, 5) is 0.